The molecule has 0 aliphatic heterocycles. The second-order valence-corrected chi connectivity index (χ2v) is 20.0. The molecule has 0 radical (unpaired) electrons. The van der Waals surface area contributed by atoms with Crippen molar-refractivity contribution >= 4 is 34.5 Å². The van der Waals surface area contributed by atoms with Crippen molar-refractivity contribution in [2.45, 2.75) is 97.2 Å². The van der Waals surface area contributed by atoms with E-state index >= 15 is 0 Å². The van der Waals surface area contributed by atoms with Gasteiger partial charge in [-0.3, -0.25) is 9.59 Å². The number of ether oxygens (including phenoxy) is 1. The van der Waals surface area contributed by atoms with Crippen molar-refractivity contribution in [1.29, 1.82) is 0 Å². The number of carbonyl (C=O) groups is 3. The Morgan fingerprint density at radius 1 is 0.929 bits per heavy atom. The molecule has 28 heavy (non-hydrogen) atoms. The van der Waals surface area contributed by atoms with E-state index in [1.165, 1.54) is 0 Å². The van der Waals surface area contributed by atoms with Gasteiger partial charge in [0.05, 0.1) is 13.0 Å². The van der Waals surface area contributed by atoms with Crippen molar-refractivity contribution in [3.8, 4) is 0 Å². The average Bonchev–Trinajstić information content (AvgIpc) is 2.43. The van der Waals surface area contributed by atoms with Crippen LogP contribution < -0.4 is 10.3 Å². The van der Waals surface area contributed by atoms with Gasteiger partial charge in [-0.25, -0.2) is 4.79 Å². The molecule has 0 aliphatic rings. The first-order chi connectivity index (χ1) is 12.3. The first-order valence-electron chi connectivity index (χ1n) is 9.81. The standard InChI is InChI=1S/C19H40N2O5Si2/c1-12-25-17(24)20-14(16(23)26-28(10,11)19(5,6)7)13-15(22)21-27(8,9)18(2,3)4/h14H,12-13H2,1-11H3,(H,20,24)(H,21,22). The van der Waals surface area contributed by atoms with Gasteiger partial charge >= 0.3 is 12.1 Å². The molecule has 0 aliphatic carbocycles. The summed E-state index contributed by atoms with van der Waals surface area (Å²) in [7, 11) is -4.48. The van der Waals surface area contributed by atoms with Gasteiger partial charge in [0.1, 0.15) is 6.04 Å². The maximum absolute atomic E-state index is 12.8. The normalized spacial score (nSPS) is 14.1. The highest BCUT2D eigenvalue weighted by Crippen LogP contribution is 2.37. The maximum atomic E-state index is 12.8. The number of nitrogens with one attached hydrogen (secondary N) is 2. The highest BCUT2D eigenvalue weighted by atomic mass is 28.4. The molecule has 1 atom stereocenters. The molecule has 0 aromatic heterocycles. The first kappa shape index (κ1) is 26.6. The Bertz CT molecular complexity index is 578. The van der Waals surface area contributed by atoms with Gasteiger partial charge in [-0.2, -0.15) is 0 Å². The average molecular weight is 433 g/mol. The Labute approximate surface area is 172 Å². The summed E-state index contributed by atoms with van der Waals surface area (Å²) in [5, 5.41) is 2.26. The predicted molar refractivity (Wildman–Crippen MR) is 117 cm³/mol. The molecule has 164 valence electrons. The van der Waals surface area contributed by atoms with Crippen molar-refractivity contribution in [3.05, 3.63) is 0 Å². The third-order valence-electron chi connectivity index (χ3n) is 5.73. The minimum Gasteiger partial charge on any atom is -0.518 e. The lowest BCUT2D eigenvalue weighted by Crippen LogP contribution is -2.57. The van der Waals surface area contributed by atoms with Gasteiger partial charge in [0, 0.05) is 0 Å². The summed E-state index contributed by atoms with van der Waals surface area (Å²) in [6.45, 7) is 22.2. The molecule has 0 bridgehead atoms. The molecule has 0 saturated carbocycles. The summed E-state index contributed by atoms with van der Waals surface area (Å²) < 4.78 is 10.7. The van der Waals surface area contributed by atoms with Gasteiger partial charge in [0.25, 0.3) is 8.32 Å². The van der Waals surface area contributed by atoms with Gasteiger partial charge in [0.15, 0.2) is 8.24 Å². The van der Waals surface area contributed by atoms with E-state index in [1.54, 1.807) is 6.92 Å². The smallest absolute Gasteiger partial charge is 0.407 e. The zero-order valence-corrected chi connectivity index (χ0v) is 21.5. The van der Waals surface area contributed by atoms with Crippen molar-refractivity contribution in [2.24, 2.45) is 0 Å². The number of amides is 2. The number of hydrogen-bond donors (Lipinski definition) is 2. The SMILES string of the molecule is CCOC(=O)NC(CC(=O)N[Si](C)(C)C(C)(C)C)C(=O)O[Si](C)(C)C(C)(C)C. The van der Waals surface area contributed by atoms with Crippen LogP contribution in [-0.4, -0.2) is 47.2 Å². The Morgan fingerprint density at radius 2 is 1.43 bits per heavy atom. The molecule has 1 unspecified atom stereocenters. The van der Waals surface area contributed by atoms with Crippen LogP contribution in [0.1, 0.15) is 54.9 Å². The molecule has 0 fully saturated rings. The van der Waals surface area contributed by atoms with Crippen LogP contribution in [0.25, 0.3) is 0 Å². The van der Waals surface area contributed by atoms with Crippen LogP contribution >= 0.6 is 0 Å². The van der Waals surface area contributed by atoms with Gasteiger partial charge in [-0.1, -0.05) is 54.6 Å². The van der Waals surface area contributed by atoms with E-state index in [0.717, 1.165) is 0 Å². The predicted octanol–water partition coefficient (Wildman–Crippen LogP) is 4.16. The summed E-state index contributed by atoms with van der Waals surface area (Å²) in [5.41, 5.74) is 0. The van der Waals surface area contributed by atoms with Crippen LogP contribution in [0.15, 0.2) is 0 Å². The highest BCUT2D eigenvalue weighted by Gasteiger charge is 2.43. The molecule has 2 amide bonds. The number of rotatable bonds is 7. The molecule has 0 heterocycles. The van der Waals surface area contributed by atoms with E-state index in [9.17, 15) is 14.4 Å². The molecule has 9 heteroatoms. The zero-order valence-electron chi connectivity index (χ0n) is 19.5. The van der Waals surface area contributed by atoms with E-state index < -0.39 is 34.7 Å². The summed E-state index contributed by atoms with van der Waals surface area (Å²) in [6.07, 6.45) is -0.918. The van der Waals surface area contributed by atoms with Crippen molar-refractivity contribution in [1.82, 2.24) is 10.3 Å². The molecule has 2 N–H and O–H groups in total. The Kier molecular flexibility index (Phi) is 8.97. The minimum atomic E-state index is -2.39. The number of carbonyl (C=O) groups excluding carboxylic acids is 3. The molecule has 0 aromatic rings. The van der Waals surface area contributed by atoms with E-state index in [4.69, 9.17) is 9.16 Å². The third-order valence-corrected chi connectivity index (χ3v) is 14.7. The molecular formula is C19H40N2O5Si2. The monoisotopic (exact) mass is 432 g/mol. The molecule has 0 aromatic carbocycles. The number of alkyl carbamates (subject to hydrolysis) is 1. The minimum absolute atomic E-state index is 0.0472. The summed E-state index contributed by atoms with van der Waals surface area (Å²) in [5.74, 6) is -0.870. The van der Waals surface area contributed by atoms with Gasteiger partial charge in [-0.05, 0) is 30.1 Å². The number of hydrogen-bond acceptors (Lipinski definition) is 5. The van der Waals surface area contributed by atoms with Gasteiger partial charge < -0.3 is 19.5 Å². The topological polar surface area (TPSA) is 93.7 Å². The van der Waals surface area contributed by atoms with E-state index in [1.807, 2.05) is 33.9 Å². The molecule has 0 saturated heterocycles. The Balaban J connectivity index is 5.40. The summed E-state index contributed by atoms with van der Waals surface area (Å²) >= 11 is 0. The van der Waals surface area contributed by atoms with Crippen LogP contribution in [-0.2, 0) is 18.8 Å². The van der Waals surface area contributed by atoms with Crippen LogP contribution in [0.2, 0.25) is 36.3 Å². The zero-order chi connectivity index (χ0) is 22.6. The van der Waals surface area contributed by atoms with Crippen molar-refractivity contribution < 1.29 is 23.5 Å². The van der Waals surface area contributed by atoms with Gasteiger partial charge in [0.2, 0.25) is 5.91 Å². The van der Waals surface area contributed by atoms with Crippen molar-refractivity contribution in [3.63, 3.8) is 0 Å². The largest absolute Gasteiger partial charge is 0.518 e. The van der Waals surface area contributed by atoms with E-state index in [2.05, 4.69) is 44.2 Å². The Morgan fingerprint density at radius 3 is 1.82 bits per heavy atom. The fraction of sp³-hybridized carbons (Fsp3) is 0.842. The van der Waals surface area contributed by atoms with Crippen LogP contribution in [0.5, 0.6) is 0 Å². The second kappa shape index (κ2) is 9.43. The maximum Gasteiger partial charge on any atom is 0.407 e. The van der Waals surface area contributed by atoms with E-state index in [0.29, 0.717) is 0 Å². The summed E-state index contributed by atoms with van der Waals surface area (Å²) in [6, 6.07) is -1.09. The third kappa shape index (κ3) is 7.94. The lowest BCUT2D eigenvalue weighted by molar-refractivity contribution is -0.139. The van der Waals surface area contributed by atoms with Crippen LogP contribution in [0.4, 0.5) is 4.79 Å². The fourth-order valence-corrected chi connectivity index (χ4v) is 3.88. The van der Waals surface area contributed by atoms with Crippen molar-refractivity contribution in [2.75, 3.05) is 6.61 Å². The molecule has 0 rings (SSSR count). The second-order valence-electron chi connectivity index (χ2n) is 10.2. The first-order valence-corrected chi connectivity index (χ1v) is 15.7. The Hall–Kier alpha value is -1.36. The van der Waals surface area contributed by atoms with Crippen LogP contribution in [0, 0.1) is 0 Å². The highest BCUT2D eigenvalue weighted by molar-refractivity contribution is 6.79. The summed E-state index contributed by atoms with van der Waals surface area (Å²) in [4.78, 5) is 40.5. The fourth-order valence-electron chi connectivity index (χ4n) is 1.76. The van der Waals surface area contributed by atoms with E-state index in [-0.39, 0.29) is 29.0 Å². The molecule has 7 nitrogen and oxygen atoms in total. The van der Waals surface area contributed by atoms with Crippen LogP contribution in [0.3, 0.4) is 0 Å². The quantitative estimate of drug-likeness (QED) is 0.589. The lowest BCUT2D eigenvalue weighted by atomic mass is 10.2. The molecule has 0 spiro atoms. The van der Waals surface area contributed by atoms with Gasteiger partial charge in [-0.15, -0.1) is 0 Å². The lowest BCUT2D eigenvalue weighted by Gasteiger charge is -2.38. The molecular weight excluding hydrogens is 392 g/mol.